The lowest BCUT2D eigenvalue weighted by atomic mass is 9.33. The number of aliphatic hydroxyl groups excluding tert-OH is 9. The lowest BCUT2D eigenvalue weighted by Crippen LogP contribution is -2.69. The van der Waals surface area contributed by atoms with E-state index in [1.807, 2.05) is 6.92 Å². The number of unbranched alkanes of at least 4 members (excludes halogenated alkanes) is 2. The van der Waals surface area contributed by atoms with E-state index in [4.69, 9.17) is 45.1 Å². The topological polar surface area (TPSA) is 412 Å². The number of nitrogens with one attached hydrogen (secondary N) is 3. The van der Waals surface area contributed by atoms with Gasteiger partial charge in [0.25, 0.3) is 0 Å². The van der Waals surface area contributed by atoms with Gasteiger partial charge in [0.1, 0.15) is 77.6 Å². The number of carbonyl (C=O) groups excluding carboxylic acids is 3. The minimum Gasteiger partial charge on any atom is -0.508 e. The Bertz CT molecular complexity index is 3850. The average Bonchev–Trinajstić information content (AvgIpc) is 0.671. The van der Waals surface area contributed by atoms with Crippen LogP contribution in [0.3, 0.4) is 0 Å². The molecule has 101 heavy (non-hydrogen) atoms. The van der Waals surface area contributed by atoms with Crippen molar-refractivity contribution >= 4 is 58.1 Å². The van der Waals surface area contributed by atoms with E-state index < -0.39 is 157 Å². The average molecular weight is 1430 g/mol. The van der Waals surface area contributed by atoms with Crippen molar-refractivity contribution in [2.75, 3.05) is 25.1 Å². The fourth-order valence-corrected chi connectivity index (χ4v) is 19.4. The number of hydrogen-bond acceptors (Lipinski definition) is 23. The van der Waals surface area contributed by atoms with Crippen LogP contribution in [0.2, 0.25) is 0 Å². The van der Waals surface area contributed by atoms with Crippen LogP contribution in [0.25, 0.3) is 33.4 Å². The molecule has 0 bridgehead atoms. The zero-order valence-electron chi connectivity index (χ0n) is 57.9. The Morgan fingerprint density at radius 2 is 1.49 bits per heavy atom. The fraction of sp³-hybridized carbons (Fsp3) is 0.649. The number of aliphatic hydroxyl groups is 9. The zero-order valence-corrected chi connectivity index (χ0v) is 58.7. The first-order valence-electron chi connectivity index (χ1n) is 35.3. The van der Waals surface area contributed by atoms with Gasteiger partial charge in [0.15, 0.2) is 29.2 Å². The van der Waals surface area contributed by atoms with Crippen molar-refractivity contribution in [3.63, 3.8) is 0 Å². The van der Waals surface area contributed by atoms with Crippen molar-refractivity contribution < 1.29 is 108 Å². The van der Waals surface area contributed by atoms with E-state index in [1.54, 1.807) is 24.3 Å². The predicted octanol–water partition coefficient (Wildman–Crippen LogP) is 4.91. The molecule has 2 aromatic rings. The highest BCUT2D eigenvalue weighted by molar-refractivity contribution is 7.80. The Morgan fingerprint density at radius 3 is 2.22 bits per heavy atom. The van der Waals surface area contributed by atoms with Gasteiger partial charge in [-0.3, -0.25) is 14.4 Å². The minimum absolute atomic E-state index is 0.0691. The number of phenolic OH excluding ortho intramolecular Hbond substituents is 1. The number of aromatic hydroxyl groups is 1. The van der Waals surface area contributed by atoms with Crippen molar-refractivity contribution in [2.45, 2.75) is 230 Å². The number of phenols is 1. The van der Waals surface area contributed by atoms with E-state index in [0.717, 1.165) is 18.3 Å². The monoisotopic (exact) mass is 1430 g/mol. The summed E-state index contributed by atoms with van der Waals surface area (Å²) in [5, 5.41) is 133. The summed E-state index contributed by atoms with van der Waals surface area (Å²) in [6, 6.07) is 11.9. The number of hydrogen-bond donors (Lipinski definition) is 14. The van der Waals surface area contributed by atoms with Crippen LogP contribution >= 0.6 is 12.2 Å². The second kappa shape index (κ2) is 28.4. The first-order chi connectivity index (χ1) is 47.7. The van der Waals surface area contributed by atoms with Crippen molar-refractivity contribution in [3.8, 4) is 28.2 Å². The lowest BCUT2D eigenvalue weighted by molar-refractivity contribution is -0.370. The zero-order chi connectivity index (χ0) is 72.8. The summed E-state index contributed by atoms with van der Waals surface area (Å²) >= 11 is 5.58. The second-order valence-corrected chi connectivity index (χ2v) is 31.9. The number of esters is 1. The molecule has 2 aromatic carbocycles. The summed E-state index contributed by atoms with van der Waals surface area (Å²) in [4.78, 5) is 67.9. The Labute approximate surface area is 590 Å². The highest BCUT2D eigenvalue weighted by atomic mass is 32.1. The Kier molecular flexibility index (Phi) is 21.0. The van der Waals surface area contributed by atoms with Crippen LogP contribution in [-0.2, 0) is 42.8 Å². The highest BCUT2D eigenvalue weighted by Crippen LogP contribution is 2.76. The summed E-state index contributed by atoms with van der Waals surface area (Å²) in [5.74, 6) is -3.14. The van der Waals surface area contributed by atoms with Crippen LogP contribution in [-0.4, -0.2) is 203 Å². The number of amides is 1. The van der Waals surface area contributed by atoms with Gasteiger partial charge in [-0.05, 0) is 171 Å². The van der Waals surface area contributed by atoms with Crippen molar-refractivity contribution in [2.24, 2.45) is 50.2 Å². The molecule has 6 aliphatic carbocycles. The smallest absolute Gasteiger partial charge is 0.336 e. The van der Waals surface area contributed by atoms with E-state index in [0.29, 0.717) is 92.1 Å². The van der Waals surface area contributed by atoms with Crippen LogP contribution in [0.5, 0.6) is 5.75 Å². The number of anilines is 1. The van der Waals surface area contributed by atoms with E-state index in [2.05, 4.69) is 56.6 Å². The third-order valence-corrected chi connectivity index (χ3v) is 25.3. The van der Waals surface area contributed by atoms with E-state index in [1.165, 1.54) is 37.3 Å². The molecule has 24 atom stereocenters. The molecule has 3 saturated heterocycles. The van der Waals surface area contributed by atoms with Gasteiger partial charge in [-0.25, -0.2) is 4.79 Å². The summed E-state index contributed by atoms with van der Waals surface area (Å²) in [6.07, 6.45) is -14.9. The van der Waals surface area contributed by atoms with E-state index in [-0.39, 0.29) is 75.1 Å². The van der Waals surface area contributed by atoms with Gasteiger partial charge in [-0.15, -0.1) is 0 Å². The molecule has 1 amide bonds. The maximum absolute atomic E-state index is 15.8. The number of fused-ring (bicyclic) bond motifs is 9. The molecule has 7 fully saturated rings. The number of aromatic carboxylic acids is 1. The molecular formula is C74H97N3O23S. The molecule has 11 unspecified atom stereocenters. The Morgan fingerprint density at radius 1 is 0.752 bits per heavy atom. The molecule has 4 heterocycles. The van der Waals surface area contributed by atoms with Gasteiger partial charge in [-0.2, -0.15) is 0 Å². The van der Waals surface area contributed by atoms with Gasteiger partial charge >= 0.3 is 11.9 Å². The summed E-state index contributed by atoms with van der Waals surface area (Å²) < 4.78 is 42.6. The van der Waals surface area contributed by atoms with Crippen LogP contribution in [0.15, 0.2) is 75.5 Å². The summed E-state index contributed by atoms with van der Waals surface area (Å²) in [7, 11) is 0. The molecule has 14 N–H and O–H groups in total. The number of aldehydes is 1. The SMILES string of the molecule is C[C@H]1O[C@@H](OC2C(O)[C@@H](NC(=O)CCCCCNC(=S)Nc3ccc(-c4c5ccc(=O)cc-5oc5cc(O)ccc45)c(C(=O)O)c3)[C@@H](CO)O[C@H]2OC(=O)[C@]23CCC(C)(C)CC2C2=CCC4C5(C)CC[C@H](O)C(C)(C=O)[C@@H]5CCC4(C)[C@]2(C)C[C@@H]3O)C(O)C(O)[C@H]1O[C@@H]1OC[C@@H](O)C(O)C1O. The van der Waals surface area contributed by atoms with Gasteiger partial charge in [-0.1, -0.05) is 65.7 Å². The van der Waals surface area contributed by atoms with Crippen LogP contribution in [0.4, 0.5) is 5.69 Å². The van der Waals surface area contributed by atoms with Crippen molar-refractivity contribution in [3.05, 3.63) is 82.0 Å². The third-order valence-electron chi connectivity index (χ3n) is 25.1. The molecule has 0 radical (unpaired) electrons. The van der Waals surface area contributed by atoms with Crippen molar-refractivity contribution in [1.82, 2.24) is 10.6 Å². The van der Waals surface area contributed by atoms with Gasteiger partial charge in [0.2, 0.25) is 12.2 Å². The highest BCUT2D eigenvalue weighted by Gasteiger charge is 2.72. The number of benzene rings is 3. The number of rotatable bonds is 18. The van der Waals surface area contributed by atoms with Gasteiger partial charge in [0, 0.05) is 47.3 Å². The molecule has 552 valence electrons. The Balaban J connectivity index is 0.737. The largest absolute Gasteiger partial charge is 0.508 e. The summed E-state index contributed by atoms with van der Waals surface area (Å²) in [6.45, 7) is 13.4. The van der Waals surface area contributed by atoms with Gasteiger partial charge in [0.05, 0.1) is 48.5 Å². The molecule has 10 aliphatic rings. The molecule has 0 spiro atoms. The van der Waals surface area contributed by atoms with Crippen LogP contribution in [0, 0.1) is 50.2 Å². The van der Waals surface area contributed by atoms with Crippen LogP contribution in [0.1, 0.15) is 142 Å². The number of carboxylic acid groups (broad SMARTS) is 1. The first kappa shape index (κ1) is 74.6. The van der Waals surface area contributed by atoms with Crippen molar-refractivity contribution in [1.29, 1.82) is 0 Å². The van der Waals surface area contributed by atoms with E-state index in [9.17, 15) is 75.3 Å². The number of thiocarbonyl (C=S) groups is 1. The molecule has 4 aliphatic heterocycles. The molecule has 0 aromatic heterocycles. The number of carbonyl (C=O) groups is 4. The lowest BCUT2D eigenvalue weighted by Gasteiger charge is -2.71. The normalized spacial score (nSPS) is 39.6. The molecule has 27 heteroatoms. The number of allylic oxidation sites excluding steroid dienone is 2. The second-order valence-electron chi connectivity index (χ2n) is 31.4. The quantitative estimate of drug-likeness (QED) is 0.0157. The summed E-state index contributed by atoms with van der Waals surface area (Å²) in [5.41, 5.74) is -1.69. The maximum atomic E-state index is 15.8. The maximum Gasteiger partial charge on any atom is 0.336 e. The fourth-order valence-electron chi connectivity index (χ4n) is 19.2. The van der Waals surface area contributed by atoms with Crippen LogP contribution < -0.4 is 21.4 Å². The molecular weight excluding hydrogens is 1330 g/mol. The predicted molar refractivity (Wildman–Crippen MR) is 366 cm³/mol. The number of carboxylic acids is 1. The third kappa shape index (κ3) is 13.2. The molecule has 26 nitrogen and oxygen atoms in total. The van der Waals surface area contributed by atoms with Gasteiger partial charge < -0.3 is 110 Å². The molecule has 12 rings (SSSR count). The van der Waals surface area contributed by atoms with E-state index >= 15 is 4.79 Å². The standard InChI is InChI=1S/C74H97N3O23S/c1-35-61(98-64-59(89)56(86)45(82)33-94-64)58(88)60(90)65(95-35)99-62-57(87)55(77-53(85)11-9-8-10-26-75-68(101)76-36-12-15-39(42(27-36)63(91)92)54-40-16-13-37(80)28-46(40)96-47-29-38(81)14-17-41(47)54)48(32-78)97-66(62)100-67(93)74-25-24-69(2,3)30-44(74)43-18-19-50-70(4)22-21-51(83)71(5,34-79)49(70)20-23-72(50,6)73(43,7)31-52(74)84/h12-18,27-29,34-35,44-45,48-52,55-62,64-66,78,80,82-84,86-90H,8-11,19-26,30-33H2,1-7H3,(H,77,85)(H,91,92)(H2,75,76,101)/t35-,44?,45-,48-,49-,50?,51+,52+,55+,56?,57?,58?,59?,60?,61+,62?,64+,65+,66+,70?,71?,72?,73-,74-/m1/s1. The Hall–Kier alpha value is -6.12. The molecule has 4 saturated carbocycles. The first-order valence-corrected chi connectivity index (χ1v) is 35.7. The minimum atomic E-state index is -2.00. The number of ether oxygens (including phenoxy) is 6.